The van der Waals surface area contributed by atoms with Crippen molar-refractivity contribution in [3.05, 3.63) is 24.3 Å². The van der Waals surface area contributed by atoms with Gasteiger partial charge in [-0.3, -0.25) is 0 Å². The molecule has 8 aliphatic carbocycles. The summed E-state index contributed by atoms with van der Waals surface area (Å²) in [5.41, 5.74) is 2.27. The predicted molar refractivity (Wildman–Crippen MR) is 134 cm³/mol. The largest absolute Gasteiger partial charge is 0.0848 e. The van der Waals surface area contributed by atoms with Gasteiger partial charge in [0, 0.05) is 0 Å². The Morgan fingerprint density at radius 3 is 0.812 bits per heavy atom. The zero-order chi connectivity index (χ0) is 22.6. The van der Waals surface area contributed by atoms with Crippen LogP contribution in [0.4, 0.5) is 0 Å². The summed E-state index contributed by atoms with van der Waals surface area (Å²) in [7, 11) is 0. The smallest absolute Gasteiger partial charge is 0.0194 e. The van der Waals surface area contributed by atoms with Gasteiger partial charge in [0.15, 0.2) is 0 Å². The Kier molecular flexibility index (Phi) is 3.78. The highest BCUT2D eigenvalue weighted by atomic mass is 14.8. The highest BCUT2D eigenvalue weighted by molar-refractivity contribution is 5.26. The summed E-state index contributed by atoms with van der Waals surface area (Å²) >= 11 is 0. The predicted octanol–water partition coefficient (Wildman–Crippen LogP) is 8.25. The number of hydrogen-bond donors (Lipinski definition) is 0. The third-order valence-electron chi connectivity index (χ3n) is 15.1. The highest BCUT2D eigenvalue weighted by Gasteiger charge is 2.71. The maximum atomic E-state index is 2.55. The van der Waals surface area contributed by atoms with Gasteiger partial charge < -0.3 is 0 Å². The lowest BCUT2D eigenvalue weighted by Gasteiger charge is -2.52. The third-order valence-corrected chi connectivity index (χ3v) is 15.1. The number of fused-ring (bicyclic) bond motifs is 18. The van der Waals surface area contributed by atoms with Crippen molar-refractivity contribution in [1.29, 1.82) is 0 Å². The lowest BCUT2D eigenvalue weighted by atomic mass is 9.52. The average molecular weight is 433 g/mol. The minimum absolute atomic E-state index is 0.567. The van der Waals surface area contributed by atoms with Crippen molar-refractivity contribution in [3.8, 4) is 0 Å². The second-order valence-electron chi connectivity index (χ2n) is 16.0. The molecule has 0 radical (unpaired) electrons. The molecule has 0 nitrogen and oxygen atoms in total. The van der Waals surface area contributed by atoms with Gasteiger partial charge >= 0.3 is 0 Å². The summed E-state index contributed by atoms with van der Waals surface area (Å²) in [5, 5.41) is 0. The average Bonchev–Trinajstić information content (AvgIpc) is 3.53. The molecule has 6 fully saturated rings. The first kappa shape index (κ1) is 20.8. The summed E-state index contributed by atoms with van der Waals surface area (Å²) in [6, 6.07) is 0. The molecule has 0 spiro atoms. The van der Waals surface area contributed by atoms with E-state index in [1.54, 1.807) is 0 Å². The van der Waals surface area contributed by atoms with Crippen LogP contribution < -0.4 is 0 Å². The molecular formula is C32H48. The van der Waals surface area contributed by atoms with Crippen molar-refractivity contribution in [2.24, 2.45) is 92.7 Å². The number of hydrogen-bond acceptors (Lipinski definition) is 0. The van der Waals surface area contributed by atoms with E-state index in [0.717, 1.165) is 71.0 Å². The number of rotatable bonds is 0. The van der Waals surface area contributed by atoms with Crippen molar-refractivity contribution in [1.82, 2.24) is 0 Å². The first-order valence-corrected chi connectivity index (χ1v) is 14.3. The Bertz CT molecular complexity index is 753. The van der Waals surface area contributed by atoms with Crippen molar-refractivity contribution < 1.29 is 0 Å². The van der Waals surface area contributed by atoms with Gasteiger partial charge in [0.1, 0.15) is 0 Å². The molecule has 12 unspecified atom stereocenters. The fraction of sp³-hybridized carbons (Fsp3) is 0.875. The van der Waals surface area contributed by atoms with E-state index < -0.39 is 0 Å². The van der Waals surface area contributed by atoms with Gasteiger partial charge in [-0.15, -0.1) is 0 Å². The Morgan fingerprint density at radius 1 is 0.375 bits per heavy atom. The topological polar surface area (TPSA) is 0 Å². The Balaban J connectivity index is 0.000000113. The van der Waals surface area contributed by atoms with Gasteiger partial charge in [-0.2, -0.15) is 0 Å². The molecule has 0 amide bonds. The zero-order valence-electron chi connectivity index (χ0n) is 22.1. The van der Waals surface area contributed by atoms with E-state index in [-0.39, 0.29) is 0 Å². The molecule has 0 aromatic carbocycles. The van der Waals surface area contributed by atoms with Crippen LogP contribution in [0, 0.1) is 92.7 Å². The molecule has 0 heterocycles. The van der Waals surface area contributed by atoms with Gasteiger partial charge in [0.25, 0.3) is 0 Å². The standard InChI is InChI=1S/2C16H24/c2*1-15(2)11-8-12(16(15,3)4)14-10-6-5-9(7-10)13(11)14/h2*5-6,9-14H,7-8H2,1-4H3. The first-order valence-electron chi connectivity index (χ1n) is 14.3. The molecule has 12 atom stereocenters. The second-order valence-corrected chi connectivity index (χ2v) is 16.0. The van der Waals surface area contributed by atoms with Crippen LogP contribution in [-0.2, 0) is 0 Å². The number of allylic oxidation sites excluding steroid dienone is 4. The van der Waals surface area contributed by atoms with E-state index >= 15 is 0 Å². The molecule has 176 valence electrons. The lowest BCUT2D eigenvalue weighted by Crippen LogP contribution is -2.47. The minimum atomic E-state index is 0.567. The summed E-state index contributed by atoms with van der Waals surface area (Å²) in [5.74, 6) is 12.1. The maximum absolute atomic E-state index is 2.55. The van der Waals surface area contributed by atoms with Gasteiger partial charge in [0.2, 0.25) is 0 Å². The van der Waals surface area contributed by atoms with E-state index in [4.69, 9.17) is 0 Å². The van der Waals surface area contributed by atoms with Crippen LogP contribution in [-0.4, -0.2) is 0 Å². The van der Waals surface area contributed by atoms with Gasteiger partial charge in [-0.1, -0.05) is 79.7 Å². The summed E-state index contributed by atoms with van der Waals surface area (Å²) in [4.78, 5) is 0. The van der Waals surface area contributed by atoms with E-state index in [1.165, 1.54) is 25.7 Å². The van der Waals surface area contributed by atoms with Gasteiger partial charge in [-0.25, -0.2) is 0 Å². The van der Waals surface area contributed by atoms with Crippen LogP contribution >= 0.6 is 0 Å². The minimum Gasteiger partial charge on any atom is -0.0848 e. The molecule has 0 N–H and O–H groups in total. The Labute approximate surface area is 198 Å². The molecule has 0 saturated heterocycles. The first-order chi connectivity index (χ1) is 14.9. The molecule has 0 aromatic heterocycles. The monoisotopic (exact) mass is 432 g/mol. The maximum Gasteiger partial charge on any atom is -0.0194 e. The van der Waals surface area contributed by atoms with Crippen LogP contribution in [0.3, 0.4) is 0 Å². The van der Waals surface area contributed by atoms with E-state index in [2.05, 4.69) is 79.7 Å². The highest BCUT2D eigenvalue weighted by Crippen LogP contribution is 2.77. The molecule has 8 rings (SSSR count). The molecule has 8 bridgehead atoms. The fourth-order valence-corrected chi connectivity index (χ4v) is 12.3. The molecule has 0 heteroatoms. The molecule has 8 aliphatic rings. The summed E-state index contributed by atoms with van der Waals surface area (Å²) < 4.78 is 0. The SMILES string of the molecule is CC1(C)C2CC(C3C4C=CC(C4)C32)C1(C)C.CC1(C)C2CC(C3C4C=CC(C4)C32)C1(C)C. The van der Waals surface area contributed by atoms with E-state index in [0.29, 0.717) is 21.7 Å². The summed E-state index contributed by atoms with van der Waals surface area (Å²) in [6.07, 6.45) is 16.3. The van der Waals surface area contributed by atoms with Crippen molar-refractivity contribution >= 4 is 0 Å². The summed E-state index contributed by atoms with van der Waals surface area (Å²) in [6.45, 7) is 20.4. The van der Waals surface area contributed by atoms with Crippen LogP contribution in [0.15, 0.2) is 24.3 Å². The van der Waals surface area contributed by atoms with Crippen LogP contribution in [0.25, 0.3) is 0 Å². The lowest BCUT2D eigenvalue weighted by molar-refractivity contribution is -0.0349. The molecule has 0 aliphatic heterocycles. The second kappa shape index (κ2) is 5.82. The fourth-order valence-electron chi connectivity index (χ4n) is 12.3. The van der Waals surface area contributed by atoms with Crippen LogP contribution in [0.5, 0.6) is 0 Å². The van der Waals surface area contributed by atoms with Crippen LogP contribution in [0.2, 0.25) is 0 Å². The van der Waals surface area contributed by atoms with Crippen molar-refractivity contribution in [2.45, 2.75) is 81.1 Å². The van der Waals surface area contributed by atoms with Crippen molar-refractivity contribution in [2.75, 3.05) is 0 Å². The van der Waals surface area contributed by atoms with Gasteiger partial charge in [0.05, 0.1) is 0 Å². The molecule has 6 saturated carbocycles. The molecule has 0 aromatic rings. The molecule has 32 heavy (non-hydrogen) atoms. The third kappa shape index (κ3) is 2.07. The Morgan fingerprint density at radius 2 is 0.594 bits per heavy atom. The Hall–Kier alpha value is -0.520. The van der Waals surface area contributed by atoms with Gasteiger partial charge in [-0.05, 0) is 118 Å². The zero-order valence-corrected chi connectivity index (χ0v) is 22.1. The normalized spacial score (nSPS) is 58.2. The van der Waals surface area contributed by atoms with Crippen LogP contribution in [0.1, 0.15) is 81.1 Å². The quantitative estimate of drug-likeness (QED) is 0.267. The van der Waals surface area contributed by atoms with E-state index in [1.807, 2.05) is 0 Å². The molecular weight excluding hydrogens is 384 g/mol. The van der Waals surface area contributed by atoms with E-state index in [9.17, 15) is 0 Å². The van der Waals surface area contributed by atoms with Crippen molar-refractivity contribution in [3.63, 3.8) is 0 Å².